The molecule has 4 rings (SSSR count). The third-order valence-electron chi connectivity index (χ3n) is 5.41. The summed E-state index contributed by atoms with van der Waals surface area (Å²) in [6.45, 7) is 1.50. The van der Waals surface area contributed by atoms with Crippen molar-refractivity contribution in [3.05, 3.63) is 53.2 Å². The number of carboxylic acid groups (broad SMARTS) is 1. The fourth-order valence-electron chi connectivity index (χ4n) is 3.83. The summed E-state index contributed by atoms with van der Waals surface area (Å²) in [5.41, 5.74) is 3.19. The minimum atomic E-state index is -1.14. The normalized spacial score (nSPS) is 22.1. The summed E-state index contributed by atoms with van der Waals surface area (Å²) in [4.78, 5) is 15.5. The Morgan fingerprint density at radius 1 is 1.25 bits per heavy atom. The monoisotopic (exact) mass is 419 g/mol. The Morgan fingerprint density at radius 2 is 2.04 bits per heavy atom. The van der Waals surface area contributed by atoms with E-state index in [1.807, 2.05) is 24.3 Å². The molecule has 1 fully saturated rings. The van der Waals surface area contributed by atoms with Crippen molar-refractivity contribution in [1.82, 2.24) is 4.98 Å². The lowest BCUT2D eigenvalue weighted by atomic mass is 10.1. The van der Waals surface area contributed by atoms with E-state index in [0.717, 1.165) is 48.6 Å². The van der Waals surface area contributed by atoms with Crippen LogP contribution in [0.25, 0.3) is 0 Å². The van der Waals surface area contributed by atoms with Crippen molar-refractivity contribution in [2.45, 2.75) is 35.9 Å². The first-order valence-corrected chi connectivity index (χ1v) is 10.2. The van der Waals surface area contributed by atoms with Gasteiger partial charge in [-0.2, -0.15) is 0 Å². The van der Waals surface area contributed by atoms with Gasteiger partial charge in [0, 0.05) is 36.5 Å². The largest absolute Gasteiger partial charge is 0.550 e. The predicted octanol–water partition coefficient (Wildman–Crippen LogP) is 3.09. The zero-order valence-electron chi connectivity index (χ0n) is 15.3. The van der Waals surface area contributed by atoms with Crippen molar-refractivity contribution < 1.29 is 14.6 Å². The number of ether oxygens (including phenoxy) is 1. The van der Waals surface area contributed by atoms with Crippen LogP contribution in [0.3, 0.4) is 0 Å². The van der Waals surface area contributed by atoms with Gasteiger partial charge in [-0.25, -0.2) is 4.98 Å². The van der Waals surface area contributed by atoms with Gasteiger partial charge in [0.15, 0.2) is 0 Å². The van der Waals surface area contributed by atoms with Crippen LogP contribution in [0.2, 0.25) is 0 Å². The number of fused-ring (bicyclic) bond motifs is 1. The maximum absolute atomic E-state index is 10.8. The molecule has 1 aromatic carbocycles. The Labute approximate surface area is 174 Å². The standard InChI is InChI=1S/C21H22Cl2N2O3/c22-21(23)17(12-18(26)27)19(21)13-4-7-16(8-5-13)28-11-9-15-6-3-14-2-1-10-24-20(14)25-15/h3-8,17,19H,1-2,9-12H2,(H,24,25)(H,26,27)/p-1. The van der Waals surface area contributed by atoms with E-state index >= 15 is 0 Å². The third-order valence-corrected chi connectivity index (χ3v) is 6.44. The Morgan fingerprint density at radius 3 is 2.79 bits per heavy atom. The summed E-state index contributed by atoms with van der Waals surface area (Å²) in [7, 11) is 0. The van der Waals surface area contributed by atoms with E-state index in [2.05, 4.69) is 22.4 Å². The number of halogens is 2. The molecule has 2 aromatic rings. The van der Waals surface area contributed by atoms with E-state index < -0.39 is 10.3 Å². The highest BCUT2D eigenvalue weighted by Gasteiger charge is 2.63. The molecule has 2 atom stereocenters. The van der Waals surface area contributed by atoms with Crippen LogP contribution in [-0.2, 0) is 17.6 Å². The Bertz CT molecular complexity index is 870. The zero-order valence-corrected chi connectivity index (χ0v) is 16.8. The van der Waals surface area contributed by atoms with Crippen LogP contribution < -0.4 is 15.2 Å². The maximum atomic E-state index is 10.8. The van der Waals surface area contributed by atoms with Crippen LogP contribution in [-0.4, -0.2) is 28.4 Å². The highest BCUT2D eigenvalue weighted by molar-refractivity contribution is 6.52. The van der Waals surface area contributed by atoms with Crippen molar-refractivity contribution in [3.63, 3.8) is 0 Å². The first-order chi connectivity index (χ1) is 13.4. The van der Waals surface area contributed by atoms with Crippen molar-refractivity contribution in [2.24, 2.45) is 5.92 Å². The summed E-state index contributed by atoms with van der Waals surface area (Å²) in [5.74, 6) is 0.0800. The number of hydrogen-bond acceptors (Lipinski definition) is 5. The number of carbonyl (C=O) groups is 1. The zero-order chi connectivity index (χ0) is 19.7. The molecule has 2 unspecified atom stereocenters. The number of aryl methyl sites for hydroxylation is 1. The summed E-state index contributed by atoms with van der Waals surface area (Å²) in [6, 6.07) is 11.7. The van der Waals surface area contributed by atoms with Crippen LogP contribution in [0, 0.1) is 5.92 Å². The summed E-state index contributed by atoms with van der Waals surface area (Å²) >= 11 is 12.4. The van der Waals surface area contributed by atoms with Gasteiger partial charge in [-0.05, 0) is 48.6 Å². The number of pyridine rings is 1. The molecule has 0 bridgehead atoms. The number of carboxylic acids is 1. The van der Waals surface area contributed by atoms with Gasteiger partial charge >= 0.3 is 0 Å². The van der Waals surface area contributed by atoms with Crippen molar-refractivity contribution in [1.29, 1.82) is 0 Å². The molecule has 5 nitrogen and oxygen atoms in total. The van der Waals surface area contributed by atoms with Crippen LogP contribution >= 0.6 is 23.2 Å². The number of carbonyl (C=O) groups excluding carboxylic acids is 1. The average Bonchev–Trinajstić information content (AvgIpc) is 3.21. The van der Waals surface area contributed by atoms with E-state index in [1.165, 1.54) is 5.56 Å². The molecule has 0 radical (unpaired) electrons. The van der Waals surface area contributed by atoms with Gasteiger partial charge in [-0.3, -0.25) is 0 Å². The van der Waals surface area contributed by atoms with Crippen molar-refractivity contribution >= 4 is 35.0 Å². The van der Waals surface area contributed by atoms with E-state index in [0.29, 0.717) is 6.61 Å². The van der Waals surface area contributed by atoms with Gasteiger partial charge in [0.2, 0.25) is 0 Å². The number of benzene rings is 1. The molecule has 28 heavy (non-hydrogen) atoms. The fourth-order valence-corrected chi connectivity index (χ4v) is 4.67. The third kappa shape index (κ3) is 4.06. The van der Waals surface area contributed by atoms with E-state index in [9.17, 15) is 9.90 Å². The Kier molecular flexibility index (Phi) is 5.39. The lowest BCUT2D eigenvalue weighted by molar-refractivity contribution is -0.306. The molecule has 0 amide bonds. The average molecular weight is 420 g/mol. The Hall–Kier alpha value is -1.98. The number of aromatic nitrogens is 1. The molecule has 1 N–H and O–H groups in total. The number of alkyl halides is 2. The molecule has 7 heteroatoms. The number of aliphatic carboxylic acids is 1. The van der Waals surface area contributed by atoms with Crippen LogP contribution in [0.1, 0.15) is 35.6 Å². The summed E-state index contributed by atoms with van der Waals surface area (Å²) < 4.78 is 4.77. The molecule has 1 saturated carbocycles. The lowest BCUT2D eigenvalue weighted by Gasteiger charge is -2.17. The number of nitrogens with zero attached hydrogens (tertiary/aromatic N) is 1. The molecule has 1 aromatic heterocycles. The van der Waals surface area contributed by atoms with Crippen molar-refractivity contribution in [2.75, 3.05) is 18.5 Å². The number of anilines is 1. The maximum Gasteiger partial charge on any atom is 0.129 e. The predicted molar refractivity (Wildman–Crippen MR) is 107 cm³/mol. The summed E-state index contributed by atoms with van der Waals surface area (Å²) in [6.07, 6.45) is 2.81. The van der Waals surface area contributed by atoms with Gasteiger partial charge < -0.3 is 20.0 Å². The molecular formula is C21H21Cl2N2O3-. The highest BCUT2D eigenvalue weighted by Crippen LogP contribution is 2.66. The first-order valence-electron chi connectivity index (χ1n) is 9.48. The second-order valence-corrected chi connectivity index (χ2v) is 8.79. The van der Waals surface area contributed by atoms with Crippen LogP contribution in [0.5, 0.6) is 5.75 Å². The van der Waals surface area contributed by atoms with Gasteiger partial charge in [0.05, 0.1) is 6.61 Å². The molecule has 0 spiro atoms. The summed E-state index contributed by atoms with van der Waals surface area (Å²) in [5, 5.41) is 14.2. The lowest BCUT2D eigenvalue weighted by Crippen LogP contribution is -2.23. The molecule has 1 aliphatic heterocycles. The quantitative estimate of drug-likeness (QED) is 0.697. The van der Waals surface area contributed by atoms with E-state index in [1.54, 1.807) is 0 Å². The molecular weight excluding hydrogens is 399 g/mol. The van der Waals surface area contributed by atoms with Crippen molar-refractivity contribution in [3.8, 4) is 5.75 Å². The number of hydrogen-bond donors (Lipinski definition) is 1. The van der Waals surface area contributed by atoms with Gasteiger partial charge in [-0.15, -0.1) is 23.2 Å². The molecule has 2 aliphatic rings. The number of rotatable bonds is 7. The fraction of sp³-hybridized carbons (Fsp3) is 0.429. The Balaban J connectivity index is 1.31. The second kappa shape index (κ2) is 7.80. The number of nitrogens with one attached hydrogen (secondary N) is 1. The highest BCUT2D eigenvalue weighted by atomic mass is 35.5. The minimum Gasteiger partial charge on any atom is -0.550 e. The van der Waals surface area contributed by atoms with E-state index in [4.69, 9.17) is 27.9 Å². The van der Waals surface area contributed by atoms with Gasteiger partial charge in [-0.1, -0.05) is 18.2 Å². The molecule has 2 heterocycles. The molecule has 0 saturated heterocycles. The smallest absolute Gasteiger partial charge is 0.129 e. The minimum absolute atomic E-state index is 0.140. The molecule has 148 valence electrons. The van der Waals surface area contributed by atoms with Gasteiger partial charge in [0.25, 0.3) is 0 Å². The van der Waals surface area contributed by atoms with Crippen LogP contribution in [0.4, 0.5) is 5.82 Å². The SMILES string of the molecule is O=C([O-])CC1C(c2ccc(OCCc3ccc4c(n3)NCCC4)cc2)C1(Cl)Cl. The molecule has 1 aliphatic carbocycles. The van der Waals surface area contributed by atoms with E-state index in [-0.39, 0.29) is 18.3 Å². The van der Waals surface area contributed by atoms with Gasteiger partial charge in [0.1, 0.15) is 15.9 Å². The first kappa shape index (κ1) is 19.3. The second-order valence-electron chi connectivity index (χ2n) is 7.34. The topological polar surface area (TPSA) is 74.3 Å². The van der Waals surface area contributed by atoms with Crippen LogP contribution in [0.15, 0.2) is 36.4 Å².